The summed E-state index contributed by atoms with van der Waals surface area (Å²) < 4.78 is 5.57. The Morgan fingerprint density at radius 1 is 1.06 bits per heavy atom. The molecule has 1 atom stereocenters. The molecule has 1 unspecified atom stereocenters. The molecule has 2 fully saturated rings. The Kier molecular flexibility index (Phi) is 4.18. The van der Waals surface area contributed by atoms with E-state index in [-0.39, 0.29) is 0 Å². The molecule has 2 saturated heterocycles. The second-order valence-electron chi connectivity index (χ2n) is 7.99. The molecule has 9 heteroatoms. The van der Waals surface area contributed by atoms with Crippen LogP contribution in [0.2, 0.25) is 0 Å². The van der Waals surface area contributed by atoms with Gasteiger partial charge in [-0.3, -0.25) is 4.90 Å². The number of anilines is 4. The van der Waals surface area contributed by atoms with E-state index in [1.54, 1.807) is 0 Å². The molecule has 0 aliphatic carbocycles. The molecule has 0 radical (unpaired) electrons. The van der Waals surface area contributed by atoms with Gasteiger partial charge in [0.2, 0.25) is 0 Å². The van der Waals surface area contributed by atoms with Crippen LogP contribution in [0.5, 0.6) is 5.75 Å². The highest BCUT2D eigenvalue weighted by molar-refractivity contribution is 5.85. The summed E-state index contributed by atoms with van der Waals surface area (Å²) in [5.74, 6) is 0.597. The van der Waals surface area contributed by atoms with E-state index in [2.05, 4.69) is 56.7 Å². The van der Waals surface area contributed by atoms with Gasteiger partial charge < -0.3 is 25.6 Å². The lowest BCUT2D eigenvalue weighted by Gasteiger charge is -2.36. The number of rotatable bonds is 4. The minimum absolute atomic E-state index is 0.482. The van der Waals surface area contributed by atoms with E-state index in [0.29, 0.717) is 6.73 Å². The van der Waals surface area contributed by atoms with E-state index < -0.39 is 5.97 Å². The number of benzene rings is 2. The Balaban J connectivity index is 1.30. The molecule has 0 spiro atoms. The zero-order chi connectivity index (χ0) is 20.8. The Labute approximate surface area is 180 Å². The van der Waals surface area contributed by atoms with Gasteiger partial charge in [0, 0.05) is 49.3 Å². The van der Waals surface area contributed by atoms with Crippen molar-refractivity contribution in [3.63, 3.8) is 0 Å². The van der Waals surface area contributed by atoms with Gasteiger partial charge in [0.05, 0.1) is 11.4 Å². The van der Waals surface area contributed by atoms with Crippen LogP contribution in [0, 0.1) is 0 Å². The van der Waals surface area contributed by atoms with Crippen LogP contribution in [0.1, 0.15) is 6.92 Å². The highest BCUT2D eigenvalue weighted by Gasteiger charge is 2.49. The number of piperazine rings is 1. The van der Waals surface area contributed by atoms with Gasteiger partial charge in [-0.15, -0.1) is 0 Å². The normalized spacial score (nSPS) is 23.9. The van der Waals surface area contributed by atoms with Crippen molar-refractivity contribution in [3.05, 3.63) is 53.9 Å². The van der Waals surface area contributed by atoms with Crippen molar-refractivity contribution in [1.29, 1.82) is 0 Å². The molecular formula is C22H25N7O2. The number of hydroxylamine groups is 1. The van der Waals surface area contributed by atoms with Crippen molar-refractivity contribution in [1.82, 2.24) is 10.8 Å². The van der Waals surface area contributed by atoms with Gasteiger partial charge in [-0.1, -0.05) is 0 Å². The van der Waals surface area contributed by atoms with E-state index >= 15 is 0 Å². The van der Waals surface area contributed by atoms with Crippen molar-refractivity contribution in [2.24, 2.45) is 4.99 Å². The zero-order valence-corrected chi connectivity index (χ0v) is 17.3. The Morgan fingerprint density at radius 3 is 2.71 bits per heavy atom. The third-order valence-corrected chi connectivity index (χ3v) is 5.99. The summed E-state index contributed by atoms with van der Waals surface area (Å²) in [6.07, 6.45) is 1.84. The van der Waals surface area contributed by atoms with Crippen LogP contribution in [0.25, 0.3) is 0 Å². The van der Waals surface area contributed by atoms with E-state index in [1.165, 1.54) is 5.69 Å². The van der Waals surface area contributed by atoms with E-state index in [9.17, 15) is 0 Å². The van der Waals surface area contributed by atoms with E-state index in [4.69, 9.17) is 14.6 Å². The maximum Gasteiger partial charge on any atom is 0.351 e. The van der Waals surface area contributed by atoms with Crippen LogP contribution in [0.4, 0.5) is 22.7 Å². The molecule has 9 nitrogen and oxygen atoms in total. The number of ether oxygens (including phenoxy) is 1. The van der Waals surface area contributed by atoms with Gasteiger partial charge in [-0.2, -0.15) is 0 Å². The SMILES string of the molecule is CC1=C2NOC(Nc3ccc(N4CCNCC4)cc3)(N=C1)N2c1ccc2c(c1)NCO2. The van der Waals surface area contributed by atoms with Crippen molar-refractivity contribution in [2.45, 2.75) is 12.9 Å². The lowest BCUT2D eigenvalue weighted by atomic mass is 10.2. The fraction of sp³-hybridized carbons (Fsp3) is 0.318. The smallest absolute Gasteiger partial charge is 0.351 e. The minimum Gasteiger partial charge on any atom is -0.471 e. The summed E-state index contributed by atoms with van der Waals surface area (Å²) >= 11 is 0. The first-order valence-corrected chi connectivity index (χ1v) is 10.6. The molecule has 4 N–H and O–H groups in total. The number of aliphatic imine (C=N–C) groups is 1. The molecule has 31 heavy (non-hydrogen) atoms. The van der Waals surface area contributed by atoms with Gasteiger partial charge in [-0.25, -0.2) is 15.3 Å². The fourth-order valence-electron chi connectivity index (χ4n) is 4.35. The van der Waals surface area contributed by atoms with Gasteiger partial charge in [0.25, 0.3) is 0 Å². The molecule has 2 aromatic rings. The van der Waals surface area contributed by atoms with Crippen LogP contribution in [0.15, 0.2) is 58.9 Å². The Bertz CT molecular complexity index is 1060. The fourth-order valence-corrected chi connectivity index (χ4v) is 4.35. The highest BCUT2D eigenvalue weighted by Crippen LogP contribution is 2.42. The molecule has 0 aromatic heterocycles. The first kappa shape index (κ1) is 18.3. The van der Waals surface area contributed by atoms with Crippen LogP contribution in [-0.4, -0.2) is 45.1 Å². The number of nitrogens with zero attached hydrogens (tertiary/aromatic N) is 3. The summed E-state index contributed by atoms with van der Waals surface area (Å²) in [7, 11) is 0. The lowest BCUT2D eigenvalue weighted by Crippen LogP contribution is -2.51. The van der Waals surface area contributed by atoms with Crippen LogP contribution >= 0.6 is 0 Å². The summed E-state index contributed by atoms with van der Waals surface area (Å²) in [6.45, 7) is 6.56. The summed E-state index contributed by atoms with van der Waals surface area (Å²) in [5.41, 5.74) is 8.10. The van der Waals surface area contributed by atoms with Gasteiger partial charge in [0.15, 0.2) is 6.73 Å². The van der Waals surface area contributed by atoms with Crippen LogP contribution in [0.3, 0.4) is 0 Å². The highest BCUT2D eigenvalue weighted by atomic mass is 16.7. The monoisotopic (exact) mass is 419 g/mol. The molecule has 4 heterocycles. The molecular weight excluding hydrogens is 394 g/mol. The van der Waals surface area contributed by atoms with E-state index in [0.717, 1.165) is 60.4 Å². The first-order chi connectivity index (χ1) is 15.2. The maximum atomic E-state index is 6.01. The van der Waals surface area contributed by atoms with Crippen molar-refractivity contribution in [3.8, 4) is 5.75 Å². The second-order valence-corrected chi connectivity index (χ2v) is 7.99. The molecule has 4 aliphatic heterocycles. The predicted octanol–water partition coefficient (Wildman–Crippen LogP) is 2.24. The third kappa shape index (κ3) is 3.05. The molecule has 160 valence electrons. The summed E-state index contributed by atoms with van der Waals surface area (Å²) in [6, 6.07) is 14.5. The number of fused-ring (bicyclic) bond motifs is 3. The molecule has 2 bridgehead atoms. The predicted molar refractivity (Wildman–Crippen MR) is 121 cm³/mol. The molecule has 2 aromatic carbocycles. The second kappa shape index (κ2) is 7.07. The number of allylic oxidation sites excluding steroid dienone is 1. The summed E-state index contributed by atoms with van der Waals surface area (Å²) in [5, 5.41) is 10.1. The molecule has 6 rings (SSSR count). The Hall–Kier alpha value is -3.43. The van der Waals surface area contributed by atoms with Crippen LogP contribution < -0.4 is 36.0 Å². The molecule has 0 saturated carbocycles. The van der Waals surface area contributed by atoms with E-state index in [1.807, 2.05) is 30.2 Å². The summed E-state index contributed by atoms with van der Waals surface area (Å²) in [4.78, 5) is 15.2. The number of hydrogen-bond donors (Lipinski definition) is 4. The van der Waals surface area contributed by atoms with Crippen molar-refractivity contribution >= 4 is 29.0 Å². The van der Waals surface area contributed by atoms with Crippen LogP contribution in [-0.2, 0) is 4.84 Å². The van der Waals surface area contributed by atoms with Crippen molar-refractivity contribution in [2.75, 3.05) is 53.3 Å². The number of hydrogen-bond acceptors (Lipinski definition) is 9. The maximum absolute atomic E-state index is 6.01. The standard InChI is InChI=1S/C22H25N7O2/c1-15-13-25-22(26-16-2-4-17(5-3-16)28-10-8-23-9-11-28)29(21(15)27-31-22)18-6-7-20-19(12-18)24-14-30-20/h2-7,12-13,23-24,26-27H,8-11,14H2,1H3. The zero-order valence-electron chi connectivity index (χ0n) is 17.3. The molecule has 0 amide bonds. The average molecular weight is 419 g/mol. The third-order valence-electron chi connectivity index (χ3n) is 5.99. The number of nitrogens with one attached hydrogen (secondary N) is 4. The quantitative estimate of drug-likeness (QED) is 0.601. The topological polar surface area (TPSA) is 85.4 Å². The molecule has 4 aliphatic rings. The first-order valence-electron chi connectivity index (χ1n) is 10.6. The lowest BCUT2D eigenvalue weighted by molar-refractivity contribution is -0.0214. The van der Waals surface area contributed by atoms with Gasteiger partial charge >= 0.3 is 5.97 Å². The largest absolute Gasteiger partial charge is 0.471 e. The van der Waals surface area contributed by atoms with Crippen molar-refractivity contribution < 1.29 is 9.57 Å². The van der Waals surface area contributed by atoms with Gasteiger partial charge in [-0.05, 0) is 49.4 Å². The Morgan fingerprint density at radius 2 is 1.87 bits per heavy atom. The average Bonchev–Trinajstić information content (AvgIpc) is 3.39. The minimum atomic E-state index is -1.11. The van der Waals surface area contributed by atoms with Gasteiger partial charge in [0.1, 0.15) is 11.6 Å².